The zero-order valence-corrected chi connectivity index (χ0v) is 30.7. The summed E-state index contributed by atoms with van der Waals surface area (Å²) in [7, 11) is 0. The summed E-state index contributed by atoms with van der Waals surface area (Å²) >= 11 is 0. The molecule has 0 radical (unpaired) electrons. The van der Waals surface area contributed by atoms with Gasteiger partial charge in [0.25, 0.3) is 0 Å². The van der Waals surface area contributed by atoms with E-state index >= 15 is 0 Å². The van der Waals surface area contributed by atoms with Gasteiger partial charge in [-0.05, 0) is 124 Å². The summed E-state index contributed by atoms with van der Waals surface area (Å²) in [5.74, 6) is 0. The quantitative estimate of drug-likeness (QED) is 0.0708. The summed E-state index contributed by atoms with van der Waals surface area (Å²) in [5, 5.41) is 0. The third kappa shape index (κ3) is 10.9. The Balaban J connectivity index is 0.00000675. The molecule has 2 nitrogen and oxygen atoms in total. The van der Waals surface area contributed by atoms with Crippen LogP contribution in [0.4, 0.5) is 0 Å². The van der Waals surface area contributed by atoms with Crippen LogP contribution in [0.25, 0.3) is 16.9 Å². The zero-order valence-electron chi connectivity index (χ0n) is 29.1. The molecule has 0 spiro atoms. The van der Waals surface area contributed by atoms with E-state index in [-0.39, 0.29) is 20.4 Å². The summed E-state index contributed by atoms with van der Waals surface area (Å²) in [6.07, 6.45) is 22.0. The molecule has 1 aliphatic rings. The predicted molar refractivity (Wildman–Crippen MR) is 188 cm³/mol. The van der Waals surface area contributed by atoms with E-state index in [1.54, 1.807) is 4.70 Å². The van der Waals surface area contributed by atoms with Crippen LogP contribution < -0.4 is 0 Å². The molecule has 0 aromatic heterocycles. The molecule has 1 aliphatic heterocycles. The van der Waals surface area contributed by atoms with Crippen LogP contribution in [0, 0.1) is 0 Å². The fourth-order valence-electron chi connectivity index (χ4n) is 6.59. The smallest absolute Gasteiger partial charge is 0.211 e. The maximum absolute atomic E-state index is 12.3. The molecule has 0 aliphatic carbocycles. The summed E-state index contributed by atoms with van der Waals surface area (Å²) in [5.41, 5.74) is 25.3. The molecule has 1 heterocycles. The Kier molecular flexibility index (Phi) is 18.4. The third-order valence-electron chi connectivity index (χ3n) is 9.10. The molecule has 0 saturated heterocycles. The molecular formula is C41H62N2Pd. The van der Waals surface area contributed by atoms with Gasteiger partial charge in [-0.1, -0.05) is 98.6 Å². The molecule has 0 amide bonds. The second-order valence-corrected chi connectivity index (χ2v) is 13.0. The summed E-state index contributed by atoms with van der Waals surface area (Å²) in [6.45, 7) is 13.7. The van der Waals surface area contributed by atoms with Crippen LogP contribution in [0.2, 0.25) is 0 Å². The standard InChI is InChI=1S/C41H62N2.Pd/c1-7-13-19-25-39-38(24-18-12-6)40(36-28-32(20-14-8-2)26-33(29-36)21-15-9-3)43(42)41(39)37-30-34(22-16-10-4)27-35(31-37)23-17-11-5;/h26-31H,7-25H2,1-6H3;. The first kappa shape index (κ1) is 38.4. The fourth-order valence-corrected chi connectivity index (χ4v) is 6.59. The maximum atomic E-state index is 12.3. The number of benzene rings is 2. The van der Waals surface area contributed by atoms with E-state index in [9.17, 15) is 5.53 Å². The van der Waals surface area contributed by atoms with Crippen molar-refractivity contribution in [1.29, 1.82) is 0 Å². The SMILES string of the molecule is CCCCCC1=C(c2cc(CCCC)cc(CCCC)c2)[N+](=[N-])C(c2cc(CCCC)cc(CCCC)c2)=C1CCCC.[Pd]. The Morgan fingerprint density at radius 3 is 1.02 bits per heavy atom. The van der Waals surface area contributed by atoms with Crippen molar-refractivity contribution in [3.63, 3.8) is 0 Å². The minimum Gasteiger partial charge on any atom is -0.493 e. The van der Waals surface area contributed by atoms with Crippen molar-refractivity contribution in [1.82, 2.24) is 0 Å². The number of aryl methyl sites for hydroxylation is 4. The number of nitrogens with zero attached hydrogens (tertiary/aromatic N) is 2. The molecule has 2 aromatic carbocycles. The summed E-state index contributed by atoms with van der Waals surface area (Å²) < 4.78 is 1.64. The first-order chi connectivity index (χ1) is 21.0. The molecular weight excluding hydrogens is 627 g/mol. The van der Waals surface area contributed by atoms with Gasteiger partial charge in [-0.25, -0.2) is 4.70 Å². The summed E-state index contributed by atoms with van der Waals surface area (Å²) in [4.78, 5) is 0. The van der Waals surface area contributed by atoms with Gasteiger partial charge < -0.3 is 5.53 Å². The van der Waals surface area contributed by atoms with E-state index in [1.807, 2.05) is 0 Å². The van der Waals surface area contributed by atoms with Gasteiger partial charge in [0.05, 0.1) is 0 Å². The van der Waals surface area contributed by atoms with Crippen molar-refractivity contribution < 1.29 is 25.1 Å². The van der Waals surface area contributed by atoms with Gasteiger partial charge in [-0.3, -0.25) is 0 Å². The number of rotatable bonds is 21. The Labute approximate surface area is 285 Å². The maximum Gasteiger partial charge on any atom is 0.211 e. The van der Waals surface area contributed by atoms with Crippen molar-refractivity contribution in [3.05, 3.63) is 86.5 Å². The normalized spacial score (nSPS) is 13.3. The monoisotopic (exact) mass is 688 g/mol. The van der Waals surface area contributed by atoms with Crippen LogP contribution in [0.1, 0.15) is 171 Å². The molecule has 0 saturated carbocycles. The fraction of sp³-hybridized carbons (Fsp3) is 0.610. The molecule has 0 fully saturated rings. The van der Waals surface area contributed by atoms with Crippen LogP contribution in [0.5, 0.6) is 0 Å². The first-order valence-corrected chi connectivity index (χ1v) is 18.2. The van der Waals surface area contributed by atoms with E-state index in [0.717, 1.165) is 62.8 Å². The van der Waals surface area contributed by atoms with Crippen molar-refractivity contribution in [2.45, 2.75) is 164 Å². The molecule has 2 aromatic rings. The number of unbranched alkanes of at least 4 members (excludes halogenated alkanes) is 7. The zero-order chi connectivity index (χ0) is 31.0. The molecule has 44 heavy (non-hydrogen) atoms. The third-order valence-corrected chi connectivity index (χ3v) is 9.10. The second kappa shape index (κ2) is 21.1. The van der Waals surface area contributed by atoms with Crippen LogP contribution in [0.15, 0.2) is 47.5 Å². The minimum absolute atomic E-state index is 0. The van der Waals surface area contributed by atoms with E-state index < -0.39 is 0 Å². The van der Waals surface area contributed by atoms with Gasteiger partial charge >= 0.3 is 0 Å². The van der Waals surface area contributed by atoms with E-state index in [1.165, 1.54) is 115 Å². The largest absolute Gasteiger partial charge is 0.493 e. The molecule has 3 rings (SSSR count). The van der Waals surface area contributed by atoms with Crippen LogP contribution >= 0.6 is 0 Å². The number of hydrogen-bond donors (Lipinski definition) is 0. The van der Waals surface area contributed by atoms with Crippen molar-refractivity contribution >= 4 is 11.4 Å². The topological polar surface area (TPSA) is 25.3 Å². The van der Waals surface area contributed by atoms with Gasteiger partial charge in [0.15, 0.2) is 0 Å². The molecule has 0 unspecified atom stereocenters. The van der Waals surface area contributed by atoms with Crippen molar-refractivity contribution in [2.75, 3.05) is 0 Å². The Bertz CT molecular complexity index is 1180. The van der Waals surface area contributed by atoms with Crippen molar-refractivity contribution in [2.24, 2.45) is 0 Å². The average molecular weight is 689 g/mol. The van der Waals surface area contributed by atoms with Gasteiger partial charge in [-0.2, -0.15) is 0 Å². The van der Waals surface area contributed by atoms with Crippen LogP contribution in [0.3, 0.4) is 0 Å². The van der Waals surface area contributed by atoms with Gasteiger partial charge in [-0.15, -0.1) is 0 Å². The van der Waals surface area contributed by atoms with Crippen LogP contribution in [-0.2, 0) is 46.1 Å². The molecule has 246 valence electrons. The van der Waals surface area contributed by atoms with E-state index in [0.29, 0.717) is 0 Å². The Hall–Kier alpha value is -1.82. The van der Waals surface area contributed by atoms with Gasteiger partial charge in [0.1, 0.15) is 0 Å². The predicted octanol–water partition coefficient (Wildman–Crippen LogP) is 13.0. The van der Waals surface area contributed by atoms with E-state index in [4.69, 9.17) is 0 Å². The number of hydrogen-bond acceptors (Lipinski definition) is 0. The Morgan fingerprint density at radius 1 is 0.409 bits per heavy atom. The average Bonchev–Trinajstić information content (AvgIpc) is 3.29. The molecule has 0 bridgehead atoms. The van der Waals surface area contributed by atoms with Crippen LogP contribution in [-0.4, -0.2) is 4.70 Å². The minimum atomic E-state index is 0. The molecule has 0 atom stereocenters. The van der Waals surface area contributed by atoms with Gasteiger partial charge in [0, 0.05) is 42.7 Å². The van der Waals surface area contributed by atoms with E-state index in [2.05, 4.69) is 77.9 Å². The first-order valence-electron chi connectivity index (χ1n) is 18.2. The van der Waals surface area contributed by atoms with Gasteiger partial charge in [0.2, 0.25) is 11.4 Å². The molecule has 0 N–H and O–H groups in total. The van der Waals surface area contributed by atoms with Crippen molar-refractivity contribution in [3.8, 4) is 0 Å². The molecule has 3 heteroatoms. The second-order valence-electron chi connectivity index (χ2n) is 13.0. The summed E-state index contributed by atoms with van der Waals surface area (Å²) in [6, 6.07) is 14.5. The number of allylic oxidation sites excluding steroid dienone is 2. The Morgan fingerprint density at radius 2 is 0.705 bits per heavy atom.